The van der Waals surface area contributed by atoms with E-state index < -0.39 is 28.7 Å². The zero-order valence-electron chi connectivity index (χ0n) is 16.6. The van der Waals surface area contributed by atoms with Gasteiger partial charge in [0, 0.05) is 16.2 Å². The van der Waals surface area contributed by atoms with Crippen molar-refractivity contribution in [3.63, 3.8) is 0 Å². The number of aromatic hydroxyl groups is 5. The van der Waals surface area contributed by atoms with Crippen LogP contribution >= 0.6 is 0 Å². The lowest BCUT2D eigenvalue weighted by Gasteiger charge is -2.16. The molecule has 0 unspecified atom stereocenters. The molecule has 0 spiro atoms. The number of hydrogen-bond donors (Lipinski definition) is 5. The lowest BCUT2D eigenvalue weighted by molar-refractivity contribution is 0.327. The van der Waals surface area contributed by atoms with Crippen LogP contribution in [0.1, 0.15) is 0 Å². The summed E-state index contributed by atoms with van der Waals surface area (Å²) in [6.07, 6.45) is 0. The minimum atomic E-state index is -0.986. The van der Waals surface area contributed by atoms with E-state index in [0.717, 1.165) is 32.3 Å². The number of rotatable bonds is 1. The van der Waals surface area contributed by atoms with Crippen LogP contribution in [0, 0.1) is 0 Å². The van der Waals surface area contributed by atoms with E-state index in [1.807, 2.05) is 66.7 Å². The number of benzene rings is 5. The van der Waals surface area contributed by atoms with Crippen molar-refractivity contribution in [3.05, 3.63) is 72.8 Å². The van der Waals surface area contributed by atoms with E-state index in [1.54, 1.807) is 4.57 Å². The predicted octanol–water partition coefficient (Wildman–Crippen LogP) is 5.62. The van der Waals surface area contributed by atoms with Crippen molar-refractivity contribution in [2.24, 2.45) is 0 Å². The summed E-state index contributed by atoms with van der Waals surface area (Å²) in [4.78, 5) is 0. The normalized spacial score (nSPS) is 11.8. The summed E-state index contributed by atoms with van der Waals surface area (Å²) in [7, 11) is 0. The van der Waals surface area contributed by atoms with E-state index in [-0.39, 0.29) is 5.69 Å². The standard InChI is InChI=1S/C26H17NO5/c28-22-21(23(29)25(31)26(32)24(22)30)27-18-12-6-5-11-17(18)19-15-9-3-1-7-13(15)14-8-2-4-10-16(14)20(19)27/h1-12,28-32H. The molecule has 0 amide bonds. The second-order valence-corrected chi connectivity index (χ2v) is 7.76. The number of phenolic OH excluding ortho intramolecular Hbond substituents is 5. The minimum absolute atomic E-state index is 0.218. The fourth-order valence-electron chi connectivity index (χ4n) is 4.75. The van der Waals surface area contributed by atoms with Crippen molar-refractivity contribution in [2.45, 2.75) is 0 Å². The maximum atomic E-state index is 10.8. The molecular formula is C26H17NO5. The molecule has 0 saturated carbocycles. The minimum Gasteiger partial charge on any atom is -0.503 e. The maximum Gasteiger partial charge on any atom is 0.208 e. The molecular weight excluding hydrogens is 406 g/mol. The van der Waals surface area contributed by atoms with Crippen LogP contribution in [-0.4, -0.2) is 30.1 Å². The summed E-state index contributed by atoms with van der Waals surface area (Å²) >= 11 is 0. The van der Waals surface area contributed by atoms with Crippen molar-refractivity contribution in [3.8, 4) is 34.4 Å². The van der Waals surface area contributed by atoms with Crippen LogP contribution in [0.2, 0.25) is 0 Å². The van der Waals surface area contributed by atoms with Gasteiger partial charge < -0.3 is 30.1 Å². The van der Waals surface area contributed by atoms with Crippen LogP contribution in [0.3, 0.4) is 0 Å². The number of para-hydroxylation sites is 1. The molecule has 0 atom stereocenters. The Hall–Kier alpha value is -4.58. The van der Waals surface area contributed by atoms with Gasteiger partial charge in [-0.2, -0.15) is 0 Å². The highest BCUT2D eigenvalue weighted by Crippen LogP contribution is 2.54. The zero-order chi connectivity index (χ0) is 22.1. The number of fused-ring (bicyclic) bond motifs is 8. The Morgan fingerprint density at radius 3 is 1.50 bits per heavy atom. The molecule has 0 radical (unpaired) electrons. The lowest BCUT2D eigenvalue weighted by Crippen LogP contribution is -1.97. The van der Waals surface area contributed by atoms with Gasteiger partial charge in [0.1, 0.15) is 5.69 Å². The number of phenols is 5. The third kappa shape index (κ3) is 2.13. The van der Waals surface area contributed by atoms with Crippen molar-refractivity contribution < 1.29 is 25.5 Å². The van der Waals surface area contributed by atoms with Crippen molar-refractivity contribution in [1.29, 1.82) is 0 Å². The van der Waals surface area contributed by atoms with Crippen molar-refractivity contribution >= 4 is 43.4 Å². The van der Waals surface area contributed by atoms with Gasteiger partial charge in [0.2, 0.25) is 17.2 Å². The number of hydrogen-bond acceptors (Lipinski definition) is 5. The summed E-state index contributed by atoms with van der Waals surface area (Å²) in [5.74, 6) is -4.28. The van der Waals surface area contributed by atoms with E-state index in [1.165, 1.54) is 0 Å². The van der Waals surface area contributed by atoms with Crippen molar-refractivity contribution in [2.75, 3.05) is 0 Å². The average molecular weight is 423 g/mol. The largest absolute Gasteiger partial charge is 0.503 e. The van der Waals surface area contributed by atoms with Gasteiger partial charge in [-0.1, -0.05) is 66.7 Å². The Labute approximate surface area is 181 Å². The Morgan fingerprint density at radius 1 is 0.438 bits per heavy atom. The molecule has 156 valence electrons. The highest BCUT2D eigenvalue weighted by Gasteiger charge is 2.28. The molecule has 0 fully saturated rings. The molecule has 5 N–H and O–H groups in total. The summed E-state index contributed by atoms with van der Waals surface area (Å²) in [5.41, 5.74) is 1.12. The predicted molar refractivity (Wildman–Crippen MR) is 124 cm³/mol. The van der Waals surface area contributed by atoms with E-state index in [2.05, 4.69) is 6.07 Å². The van der Waals surface area contributed by atoms with Gasteiger partial charge in [0.15, 0.2) is 11.5 Å². The molecule has 0 aliphatic carbocycles. The molecule has 32 heavy (non-hydrogen) atoms. The summed E-state index contributed by atoms with van der Waals surface area (Å²) in [5, 5.41) is 57.6. The first-order valence-electron chi connectivity index (χ1n) is 10.0. The van der Waals surface area contributed by atoms with Crippen LogP contribution in [0.15, 0.2) is 72.8 Å². The third-order valence-electron chi connectivity index (χ3n) is 6.11. The molecule has 6 heteroatoms. The van der Waals surface area contributed by atoms with Gasteiger partial charge in [-0.05, 0) is 22.2 Å². The second-order valence-electron chi connectivity index (χ2n) is 7.76. The second kappa shape index (κ2) is 6.21. The topological polar surface area (TPSA) is 106 Å². The van der Waals surface area contributed by atoms with Gasteiger partial charge >= 0.3 is 0 Å². The third-order valence-corrected chi connectivity index (χ3v) is 6.11. The van der Waals surface area contributed by atoms with E-state index in [9.17, 15) is 25.5 Å². The molecule has 0 saturated heterocycles. The quantitative estimate of drug-likeness (QED) is 0.134. The molecule has 0 bridgehead atoms. The van der Waals surface area contributed by atoms with Gasteiger partial charge in [-0.3, -0.25) is 0 Å². The SMILES string of the molecule is Oc1c(O)c(O)c(-n2c3ccccc3c3c4ccccc4c4ccccc4c32)c(O)c1O. The summed E-state index contributed by atoms with van der Waals surface area (Å²) < 4.78 is 1.61. The maximum absolute atomic E-state index is 10.8. The molecule has 0 aliphatic heterocycles. The molecule has 6 rings (SSSR count). The highest BCUT2D eigenvalue weighted by atomic mass is 16.4. The van der Waals surface area contributed by atoms with Gasteiger partial charge in [0.25, 0.3) is 0 Å². The van der Waals surface area contributed by atoms with Gasteiger partial charge in [-0.15, -0.1) is 0 Å². The van der Waals surface area contributed by atoms with E-state index in [0.29, 0.717) is 11.0 Å². The summed E-state index contributed by atoms with van der Waals surface area (Å²) in [6.45, 7) is 0. The number of nitrogens with zero attached hydrogens (tertiary/aromatic N) is 1. The number of aromatic nitrogens is 1. The Kier molecular flexibility index (Phi) is 3.54. The molecule has 0 aliphatic rings. The molecule has 1 heterocycles. The van der Waals surface area contributed by atoms with E-state index in [4.69, 9.17) is 0 Å². The Balaban J connectivity index is 2.00. The monoisotopic (exact) mass is 423 g/mol. The Bertz CT molecular complexity index is 1700. The molecule has 6 aromatic rings. The summed E-state index contributed by atoms with van der Waals surface area (Å²) in [6, 6.07) is 23.3. The first-order chi connectivity index (χ1) is 15.5. The lowest BCUT2D eigenvalue weighted by atomic mass is 9.97. The smallest absolute Gasteiger partial charge is 0.208 e. The van der Waals surface area contributed by atoms with Crippen LogP contribution in [0.25, 0.3) is 49.0 Å². The average Bonchev–Trinajstić information content (AvgIpc) is 3.17. The van der Waals surface area contributed by atoms with Crippen LogP contribution in [0.5, 0.6) is 28.7 Å². The van der Waals surface area contributed by atoms with E-state index >= 15 is 0 Å². The van der Waals surface area contributed by atoms with Gasteiger partial charge in [0.05, 0.1) is 11.0 Å². The molecule has 6 nitrogen and oxygen atoms in total. The molecule has 5 aromatic carbocycles. The first-order valence-corrected chi connectivity index (χ1v) is 10.0. The first kappa shape index (κ1) is 18.2. The highest BCUT2D eigenvalue weighted by molar-refractivity contribution is 6.32. The van der Waals surface area contributed by atoms with Crippen molar-refractivity contribution in [1.82, 2.24) is 4.57 Å². The Morgan fingerprint density at radius 2 is 0.875 bits per heavy atom. The zero-order valence-corrected chi connectivity index (χ0v) is 16.6. The van der Waals surface area contributed by atoms with Crippen LogP contribution in [-0.2, 0) is 0 Å². The van der Waals surface area contributed by atoms with Crippen LogP contribution < -0.4 is 0 Å². The van der Waals surface area contributed by atoms with Gasteiger partial charge in [-0.25, -0.2) is 0 Å². The fourth-order valence-corrected chi connectivity index (χ4v) is 4.75. The van der Waals surface area contributed by atoms with Crippen LogP contribution in [0.4, 0.5) is 0 Å². The molecule has 1 aromatic heterocycles. The fraction of sp³-hybridized carbons (Fsp3) is 0.